The Kier molecular flexibility index (Phi) is 4.04. The number of hydrogen-bond acceptors (Lipinski definition) is 2. The third-order valence-electron chi connectivity index (χ3n) is 4.56. The van der Waals surface area contributed by atoms with Gasteiger partial charge in [0.05, 0.1) is 0 Å². The average molecular weight is 210 g/mol. The van der Waals surface area contributed by atoms with Crippen LogP contribution < -0.4 is 5.73 Å². The van der Waals surface area contributed by atoms with Crippen molar-refractivity contribution in [2.45, 2.75) is 38.5 Å². The minimum Gasteiger partial charge on any atom is -0.330 e. The summed E-state index contributed by atoms with van der Waals surface area (Å²) >= 11 is 0. The van der Waals surface area contributed by atoms with Crippen LogP contribution in [-0.2, 0) is 0 Å². The zero-order valence-corrected chi connectivity index (χ0v) is 10.1. The van der Waals surface area contributed by atoms with Crippen molar-refractivity contribution >= 4 is 0 Å². The molecule has 2 heteroatoms. The van der Waals surface area contributed by atoms with Crippen LogP contribution >= 0.6 is 0 Å². The zero-order chi connectivity index (χ0) is 10.7. The minimum absolute atomic E-state index is 0.815. The van der Waals surface area contributed by atoms with E-state index in [-0.39, 0.29) is 0 Å². The van der Waals surface area contributed by atoms with Crippen LogP contribution in [0.2, 0.25) is 0 Å². The maximum absolute atomic E-state index is 6.01. The van der Waals surface area contributed by atoms with Crippen LogP contribution in [0.15, 0.2) is 0 Å². The van der Waals surface area contributed by atoms with Crippen molar-refractivity contribution in [2.75, 3.05) is 26.7 Å². The first kappa shape index (κ1) is 11.4. The summed E-state index contributed by atoms with van der Waals surface area (Å²) in [6, 6.07) is 0. The highest BCUT2D eigenvalue weighted by Gasteiger charge is 2.32. The smallest absolute Gasteiger partial charge is 0.00103 e. The molecule has 88 valence electrons. The van der Waals surface area contributed by atoms with Gasteiger partial charge in [-0.25, -0.2) is 0 Å². The predicted octanol–water partition coefficient (Wildman–Crippen LogP) is 2.09. The molecule has 1 saturated heterocycles. The molecule has 2 rings (SSSR count). The molecule has 2 atom stereocenters. The van der Waals surface area contributed by atoms with Gasteiger partial charge in [-0.2, -0.15) is 0 Å². The summed E-state index contributed by atoms with van der Waals surface area (Å²) in [6.07, 6.45) is 8.63. The highest BCUT2D eigenvalue weighted by Crippen LogP contribution is 2.36. The fourth-order valence-electron chi connectivity index (χ4n) is 3.65. The quantitative estimate of drug-likeness (QED) is 0.773. The van der Waals surface area contributed by atoms with Crippen LogP contribution in [0.1, 0.15) is 38.5 Å². The maximum atomic E-state index is 6.01. The lowest BCUT2D eigenvalue weighted by Crippen LogP contribution is -2.33. The van der Waals surface area contributed by atoms with Crippen LogP contribution in [-0.4, -0.2) is 31.6 Å². The van der Waals surface area contributed by atoms with Gasteiger partial charge in [0.15, 0.2) is 0 Å². The molecule has 0 bridgehead atoms. The first-order chi connectivity index (χ1) is 7.31. The summed E-state index contributed by atoms with van der Waals surface area (Å²) < 4.78 is 0. The van der Waals surface area contributed by atoms with Crippen LogP contribution in [0.3, 0.4) is 0 Å². The van der Waals surface area contributed by atoms with E-state index in [9.17, 15) is 0 Å². The number of nitrogens with zero attached hydrogens (tertiary/aromatic N) is 1. The Hall–Kier alpha value is -0.0800. The van der Waals surface area contributed by atoms with E-state index in [1.807, 2.05) is 0 Å². The molecular formula is C13H26N2. The molecule has 1 aliphatic heterocycles. The van der Waals surface area contributed by atoms with Gasteiger partial charge in [-0.15, -0.1) is 0 Å². The van der Waals surface area contributed by atoms with E-state index in [0.29, 0.717) is 0 Å². The van der Waals surface area contributed by atoms with E-state index in [0.717, 1.165) is 24.3 Å². The number of nitrogens with two attached hydrogens (primary N) is 1. The van der Waals surface area contributed by atoms with Gasteiger partial charge in [0.25, 0.3) is 0 Å². The van der Waals surface area contributed by atoms with Crippen LogP contribution in [0.5, 0.6) is 0 Å². The van der Waals surface area contributed by atoms with E-state index in [2.05, 4.69) is 11.9 Å². The molecule has 1 aliphatic carbocycles. The highest BCUT2D eigenvalue weighted by molar-refractivity contribution is 4.85. The minimum atomic E-state index is 0.815. The Morgan fingerprint density at radius 1 is 1.13 bits per heavy atom. The molecule has 2 fully saturated rings. The molecule has 15 heavy (non-hydrogen) atoms. The number of rotatable bonds is 3. The monoisotopic (exact) mass is 210 g/mol. The van der Waals surface area contributed by atoms with Crippen molar-refractivity contribution in [1.29, 1.82) is 0 Å². The molecule has 0 spiro atoms. The summed E-state index contributed by atoms with van der Waals surface area (Å²) in [7, 11) is 2.24. The lowest BCUT2D eigenvalue weighted by molar-refractivity contribution is 0.185. The molecule has 1 saturated carbocycles. The highest BCUT2D eigenvalue weighted by atomic mass is 15.1. The molecular weight excluding hydrogens is 184 g/mol. The van der Waals surface area contributed by atoms with Crippen LogP contribution in [0.25, 0.3) is 0 Å². The van der Waals surface area contributed by atoms with Gasteiger partial charge in [-0.05, 0) is 44.3 Å². The van der Waals surface area contributed by atoms with Gasteiger partial charge in [0, 0.05) is 6.54 Å². The molecule has 0 aromatic carbocycles. The Morgan fingerprint density at radius 2 is 1.87 bits per heavy atom. The van der Waals surface area contributed by atoms with Crippen molar-refractivity contribution in [3.05, 3.63) is 0 Å². The topological polar surface area (TPSA) is 29.3 Å². The van der Waals surface area contributed by atoms with Crippen LogP contribution in [0, 0.1) is 17.8 Å². The second kappa shape index (κ2) is 5.31. The molecule has 0 amide bonds. The van der Waals surface area contributed by atoms with Gasteiger partial charge < -0.3 is 10.6 Å². The number of hydrogen-bond donors (Lipinski definition) is 1. The van der Waals surface area contributed by atoms with Crippen molar-refractivity contribution in [1.82, 2.24) is 4.90 Å². The summed E-state index contributed by atoms with van der Waals surface area (Å²) in [5.41, 5.74) is 6.01. The predicted molar refractivity (Wildman–Crippen MR) is 64.7 cm³/mol. The van der Waals surface area contributed by atoms with Gasteiger partial charge in [0.1, 0.15) is 0 Å². The Balaban J connectivity index is 1.90. The van der Waals surface area contributed by atoms with Crippen molar-refractivity contribution in [2.24, 2.45) is 23.5 Å². The van der Waals surface area contributed by atoms with E-state index in [4.69, 9.17) is 5.73 Å². The fraction of sp³-hybridized carbons (Fsp3) is 1.00. The molecule has 0 aromatic heterocycles. The molecule has 2 N–H and O–H groups in total. The zero-order valence-electron chi connectivity index (χ0n) is 10.1. The molecule has 1 heterocycles. The lowest BCUT2D eigenvalue weighted by atomic mass is 9.74. The Bertz CT molecular complexity index is 182. The molecule has 2 unspecified atom stereocenters. The number of likely N-dealkylation sites (tertiary alicyclic amines) is 1. The normalized spacial score (nSPS) is 32.0. The van der Waals surface area contributed by atoms with Gasteiger partial charge in [-0.1, -0.05) is 32.1 Å². The van der Waals surface area contributed by atoms with Gasteiger partial charge in [0.2, 0.25) is 0 Å². The third kappa shape index (κ3) is 2.73. The summed E-state index contributed by atoms with van der Waals surface area (Å²) in [5, 5.41) is 0. The van der Waals surface area contributed by atoms with Crippen molar-refractivity contribution in [3.63, 3.8) is 0 Å². The van der Waals surface area contributed by atoms with Crippen molar-refractivity contribution < 1.29 is 0 Å². The molecule has 0 radical (unpaired) electrons. The second-order valence-electron chi connectivity index (χ2n) is 5.61. The summed E-state index contributed by atoms with van der Waals surface area (Å²) in [4.78, 5) is 2.47. The second-order valence-corrected chi connectivity index (χ2v) is 5.61. The molecule has 2 nitrogen and oxygen atoms in total. The first-order valence-electron chi connectivity index (χ1n) is 6.70. The SMILES string of the molecule is CN1CCC(C(CN)C2CCCCC2)C1. The standard InChI is InChI=1S/C13H26N2/c1-15-8-7-12(10-15)13(9-14)11-5-3-2-4-6-11/h11-13H,2-10,14H2,1H3. The molecule has 2 aliphatic rings. The fourth-order valence-corrected chi connectivity index (χ4v) is 3.65. The van der Waals surface area contributed by atoms with E-state index in [1.54, 1.807) is 0 Å². The largest absolute Gasteiger partial charge is 0.330 e. The van der Waals surface area contributed by atoms with Gasteiger partial charge in [-0.3, -0.25) is 0 Å². The third-order valence-corrected chi connectivity index (χ3v) is 4.56. The maximum Gasteiger partial charge on any atom is 0.00103 e. The van der Waals surface area contributed by atoms with E-state index < -0.39 is 0 Å². The average Bonchev–Trinajstić information content (AvgIpc) is 2.68. The summed E-state index contributed by atoms with van der Waals surface area (Å²) in [5.74, 6) is 2.65. The Labute approximate surface area is 94.2 Å². The van der Waals surface area contributed by atoms with Crippen LogP contribution in [0.4, 0.5) is 0 Å². The van der Waals surface area contributed by atoms with E-state index in [1.165, 1.54) is 51.6 Å². The van der Waals surface area contributed by atoms with E-state index >= 15 is 0 Å². The molecule has 0 aromatic rings. The summed E-state index contributed by atoms with van der Waals surface area (Å²) in [6.45, 7) is 3.50. The first-order valence-corrected chi connectivity index (χ1v) is 6.70. The lowest BCUT2D eigenvalue weighted by Gasteiger charge is -2.33. The van der Waals surface area contributed by atoms with Gasteiger partial charge >= 0.3 is 0 Å². The Morgan fingerprint density at radius 3 is 2.40 bits per heavy atom. The van der Waals surface area contributed by atoms with Crippen molar-refractivity contribution in [3.8, 4) is 0 Å².